The van der Waals surface area contributed by atoms with E-state index in [9.17, 15) is 0 Å². The second-order valence-corrected chi connectivity index (χ2v) is 6.10. The molecule has 0 aromatic heterocycles. The molecule has 102 valence electrons. The van der Waals surface area contributed by atoms with Crippen molar-refractivity contribution in [3.63, 3.8) is 0 Å². The van der Waals surface area contributed by atoms with Crippen LogP contribution in [-0.4, -0.2) is 24.5 Å². The van der Waals surface area contributed by atoms with Gasteiger partial charge in [-0.3, -0.25) is 4.90 Å². The number of hydrogen-bond acceptors (Lipinski definition) is 2. The van der Waals surface area contributed by atoms with Crippen molar-refractivity contribution in [2.24, 2.45) is 11.7 Å². The minimum Gasteiger partial charge on any atom is -0.329 e. The SMILES string of the molecule is CCN(CC(C)C)C(CN)c1ccc(Br)c(C)c1. The fraction of sp³-hybridized carbons (Fsp3) is 0.600. The molecule has 18 heavy (non-hydrogen) atoms. The van der Waals surface area contributed by atoms with Crippen molar-refractivity contribution in [1.82, 2.24) is 4.90 Å². The zero-order chi connectivity index (χ0) is 13.7. The van der Waals surface area contributed by atoms with Gasteiger partial charge in [-0.25, -0.2) is 0 Å². The zero-order valence-corrected chi connectivity index (χ0v) is 13.5. The van der Waals surface area contributed by atoms with Crippen LogP contribution in [0.2, 0.25) is 0 Å². The Balaban J connectivity index is 2.95. The van der Waals surface area contributed by atoms with Gasteiger partial charge in [0.25, 0.3) is 0 Å². The molecular formula is C15H25BrN2. The lowest BCUT2D eigenvalue weighted by Gasteiger charge is -2.31. The molecule has 0 saturated heterocycles. The third kappa shape index (κ3) is 4.08. The molecule has 3 heteroatoms. The van der Waals surface area contributed by atoms with E-state index in [-0.39, 0.29) is 0 Å². The Kier molecular flexibility index (Phi) is 6.33. The molecule has 2 nitrogen and oxygen atoms in total. The molecule has 0 aliphatic carbocycles. The van der Waals surface area contributed by atoms with Crippen molar-refractivity contribution >= 4 is 15.9 Å². The minimum absolute atomic E-state index is 0.323. The number of likely N-dealkylation sites (N-methyl/N-ethyl adjacent to an activating group) is 1. The Hall–Kier alpha value is -0.380. The van der Waals surface area contributed by atoms with Crippen LogP contribution < -0.4 is 5.73 Å². The first-order valence-electron chi connectivity index (χ1n) is 6.69. The normalized spacial score (nSPS) is 13.3. The topological polar surface area (TPSA) is 29.3 Å². The van der Waals surface area contributed by atoms with Gasteiger partial charge in [-0.15, -0.1) is 0 Å². The van der Waals surface area contributed by atoms with Crippen molar-refractivity contribution in [2.75, 3.05) is 19.6 Å². The van der Waals surface area contributed by atoms with Gasteiger partial charge in [0.05, 0.1) is 0 Å². The summed E-state index contributed by atoms with van der Waals surface area (Å²) >= 11 is 3.55. The van der Waals surface area contributed by atoms with Gasteiger partial charge in [0, 0.05) is 23.6 Å². The average molecular weight is 313 g/mol. The highest BCUT2D eigenvalue weighted by Crippen LogP contribution is 2.25. The maximum atomic E-state index is 5.99. The molecule has 1 aromatic carbocycles. The molecule has 0 aliphatic heterocycles. The molecule has 1 aromatic rings. The van der Waals surface area contributed by atoms with Gasteiger partial charge in [-0.05, 0) is 36.6 Å². The van der Waals surface area contributed by atoms with Crippen molar-refractivity contribution < 1.29 is 0 Å². The summed E-state index contributed by atoms with van der Waals surface area (Å²) < 4.78 is 1.16. The minimum atomic E-state index is 0.323. The second-order valence-electron chi connectivity index (χ2n) is 5.24. The van der Waals surface area contributed by atoms with E-state index in [1.165, 1.54) is 11.1 Å². The van der Waals surface area contributed by atoms with Crippen LogP contribution in [0, 0.1) is 12.8 Å². The zero-order valence-electron chi connectivity index (χ0n) is 11.9. The van der Waals surface area contributed by atoms with Crippen LogP contribution in [0.3, 0.4) is 0 Å². The lowest BCUT2D eigenvalue weighted by atomic mass is 10.0. The van der Waals surface area contributed by atoms with Crippen molar-refractivity contribution in [3.05, 3.63) is 33.8 Å². The summed E-state index contributed by atoms with van der Waals surface area (Å²) in [5, 5.41) is 0. The Bertz CT molecular complexity index is 377. The van der Waals surface area contributed by atoms with E-state index >= 15 is 0 Å². The monoisotopic (exact) mass is 312 g/mol. The van der Waals surface area contributed by atoms with Crippen LogP contribution in [0.15, 0.2) is 22.7 Å². The third-order valence-electron chi connectivity index (χ3n) is 3.24. The van der Waals surface area contributed by atoms with Crippen LogP contribution in [0.1, 0.15) is 37.9 Å². The van der Waals surface area contributed by atoms with E-state index in [0.29, 0.717) is 18.5 Å². The number of hydrogen-bond donors (Lipinski definition) is 1. The lowest BCUT2D eigenvalue weighted by molar-refractivity contribution is 0.189. The molecule has 0 saturated carbocycles. The van der Waals surface area contributed by atoms with Crippen molar-refractivity contribution in [2.45, 2.75) is 33.7 Å². The van der Waals surface area contributed by atoms with E-state index in [2.05, 4.69) is 66.7 Å². The van der Waals surface area contributed by atoms with Crippen LogP contribution in [-0.2, 0) is 0 Å². The molecule has 0 aliphatic rings. The van der Waals surface area contributed by atoms with Crippen molar-refractivity contribution in [3.8, 4) is 0 Å². The average Bonchev–Trinajstić information content (AvgIpc) is 2.32. The Morgan fingerprint density at radius 1 is 1.33 bits per heavy atom. The van der Waals surface area contributed by atoms with Crippen LogP contribution in [0.4, 0.5) is 0 Å². The van der Waals surface area contributed by atoms with Gasteiger partial charge < -0.3 is 5.73 Å². The summed E-state index contributed by atoms with van der Waals surface area (Å²) in [6.07, 6.45) is 0. The van der Waals surface area contributed by atoms with Gasteiger partial charge in [0.2, 0.25) is 0 Å². The predicted octanol–water partition coefficient (Wildman–Crippen LogP) is 3.74. The van der Waals surface area contributed by atoms with Gasteiger partial charge >= 0.3 is 0 Å². The van der Waals surface area contributed by atoms with Gasteiger partial charge in [0.1, 0.15) is 0 Å². The fourth-order valence-corrected chi connectivity index (χ4v) is 2.56. The predicted molar refractivity (Wildman–Crippen MR) is 82.8 cm³/mol. The maximum absolute atomic E-state index is 5.99. The number of rotatable bonds is 6. The molecule has 0 spiro atoms. The van der Waals surface area contributed by atoms with E-state index in [4.69, 9.17) is 5.73 Å². The number of benzene rings is 1. The summed E-state index contributed by atoms with van der Waals surface area (Å²) in [6.45, 7) is 11.6. The van der Waals surface area contributed by atoms with E-state index in [0.717, 1.165) is 17.6 Å². The van der Waals surface area contributed by atoms with Gasteiger partial charge in [0.15, 0.2) is 0 Å². The van der Waals surface area contributed by atoms with E-state index in [1.807, 2.05) is 0 Å². The Labute approximate surface area is 120 Å². The molecule has 1 unspecified atom stereocenters. The molecule has 1 rings (SSSR count). The fourth-order valence-electron chi connectivity index (χ4n) is 2.32. The molecule has 2 N–H and O–H groups in total. The Morgan fingerprint density at radius 2 is 2.00 bits per heavy atom. The molecule has 0 amide bonds. The van der Waals surface area contributed by atoms with E-state index < -0.39 is 0 Å². The number of nitrogens with two attached hydrogens (primary N) is 1. The highest BCUT2D eigenvalue weighted by Gasteiger charge is 2.18. The molecule has 0 radical (unpaired) electrons. The van der Waals surface area contributed by atoms with Gasteiger partial charge in [-0.1, -0.05) is 48.8 Å². The number of halogens is 1. The Morgan fingerprint density at radius 3 is 2.44 bits per heavy atom. The van der Waals surface area contributed by atoms with Crippen LogP contribution in [0.5, 0.6) is 0 Å². The largest absolute Gasteiger partial charge is 0.329 e. The first-order chi connectivity index (χ1) is 8.49. The maximum Gasteiger partial charge on any atom is 0.0470 e. The molecule has 1 atom stereocenters. The van der Waals surface area contributed by atoms with E-state index in [1.54, 1.807) is 0 Å². The summed E-state index contributed by atoms with van der Waals surface area (Å²) in [5.74, 6) is 0.663. The second kappa shape index (κ2) is 7.27. The highest BCUT2D eigenvalue weighted by atomic mass is 79.9. The summed E-state index contributed by atoms with van der Waals surface area (Å²) in [5.41, 5.74) is 8.58. The lowest BCUT2D eigenvalue weighted by Crippen LogP contribution is -2.36. The van der Waals surface area contributed by atoms with Gasteiger partial charge in [-0.2, -0.15) is 0 Å². The smallest absolute Gasteiger partial charge is 0.0470 e. The van der Waals surface area contributed by atoms with Crippen LogP contribution >= 0.6 is 15.9 Å². The molecule has 0 fully saturated rings. The summed E-state index contributed by atoms with van der Waals surface area (Å²) in [7, 11) is 0. The first kappa shape index (κ1) is 15.7. The molecule has 0 heterocycles. The molecule has 0 bridgehead atoms. The third-order valence-corrected chi connectivity index (χ3v) is 4.13. The summed E-state index contributed by atoms with van der Waals surface area (Å²) in [4.78, 5) is 2.47. The quantitative estimate of drug-likeness (QED) is 0.867. The van der Waals surface area contributed by atoms with Crippen LogP contribution in [0.25, 0.3) is 0 Å². The highest BCUT2D eigenvalue weighted by molar-refractivity contribution is 9.10. The first-order valence-corrected chi connectivity index (χ1v) is 7.49. The molecular weight excluding hydrogens is 288 g/mol. The number of aryl methyl sites for hydroxylation is 1. The standard InChI is InChI=1S/C15H25BrN2/c1-5-18(10-11(2)3)15(9-17)13-6-7-14(16)12(4)8-13/h6-8,11,15H,5,9-10,17H2,1-4H3. The number of nitrogens with zero attached hydrogens (tertiary/aromatic N) is 1. The van der Waals surface area contributed by atoms with Crippen molar-refractivity contribution in [1.29, 1.82) is 0 Å². The summed E-state index contributed by atoms with van der Waals surface area (Å²) in [6, 6.07) is 6.86.